The fraction of sp³-hybridized carbons (Fsp3) is 0.400. The van der Waals surface area contributed by atoms with E-state index in [4.69, 9.17) is 0 Å². The van der Waals surface area contributed by atoms with Gasteiger partial charge in [0.2, 0.25) is 6.33 Å². The van der Waals surface area contributed by atoms with Crippen LogP contribution in [-0.2, 0) is 6.54 Å². The van der Waals surface area contributed by atoms with Crippen molar-refractivity contribution in [2.24, 2.45) is 0 Å². The topological polar surface area (TPSA) is 19.1 Å². The van der Waals surface area contributed by atoms with Crippen LogP contribution < -0.4 is 26.8 Å². The first kappa shape index (κ1) is 55.4. The highest BCUT2D eigenvalue weighted by Gasteiger charge is 2.52. The average Bonchev–Trinajstić information content (AvgIpc) is 3.85. The lowest BCUT2D eigenvalue weighted by Crippen LogP contribution is -2.81. The number of hydrogen-bond donors (Lipinski definition) is 0. The number of aromatic nitrogens is 2. The van der Waals surface area contributed by atoms with E-state index in [9.17, 15) is 52.7 Å². The van der Waals surface area contributed by atoms with Crippen molar-refractivity contribution in [1.82, 2.24) is 4.57 Å². The van der Waals surface area contributed by atoms with Crippen molar-refractivity contribution in [3.05, 3.63) is 135 Å². The summed E-state index contributed by atoms with van der Waals surface area (Å²) >= 11 is 0. The molecule has 0 fully saturated rings. The van der Waals surface area contributed by atoms with E-state index in [2.05, 4.69) is 22.7 Å². The first-order valence-electron chi connectivity index (χ1n) is 21.4. The lowest BCUT2D eigenvalue weighted by Gasteiger charge is -2.44. The van der Waals surface area contributed by atoms with Crippen molar-refractivity contribution in [2.75, 3.05) is 0 Å². The quantitative estimate of drug-likeness (QED) is 0.0229. The van der Waals surface area contributed by atoms with E-state index in [1.165, 1.54) is 109 Å². The molecule has 5 aromatic rings. The van der Waals surface area contributed by atoms with Gasteiger partial charge in [-0.25, -0.2) is 92.4 Å². The Morgan fingerprint density at radius 3 is 0.721 bits per heavy atom. The van der Waals surface area contributed by atoms with E-state index in [1.54, 1.807) is 0 Å². The van der Waals surface area contributed by atoms with E-state index in [-0.39, 0.29) is 0 Å². The molecule has 0 aliphatic carbocycles. The highest BCUT2D eigenvalue weighted by atomic mass is 19.2. The maximum Gasteiger partial charge on any atom is 0.241 e. The van der Waals surface area contributed by atoms with Gasteiger partial charge in [0.25, 0.3) is 0 Å². The molecule has 0 saturated carbocycles. The number of hydrogen-bond acceptors (Lipinski definition) is 0. The Labute approximate surface area is 376 Å². The lowest BCUT2D eigenvalue weighted by molar-refractivity contribution is -0.377. The van der Waals surface area contributed by atoms with Crippen LogP contribution in [0.3, 0.4) is 0 Å². The summed E-state index contributed by atoms with van der Waals surface area (Å²) in [7, 11) is 0. The molecule has 0 spiro atoms. The molecule has 4 aromatic carbocycles. The molecule has 0 unspecified atom stereocenters. The third-order valence-corrected chi connectivity index (χ3v) is 11.6. The normalized spacial score (nSPS) is 11.7. The number of halogens is 20. The van der Waals surface area contributed by atoms with Gasteiger partial charge in [-0.05, 0) is 12.8 Å². The van der Waals surface area contributed by atoms with Crippen molar-refractivity contribution in [3.63, 3.8) is 0 Å². The molecule has 1 N–H and O–H groups in total. The number of aryl methyl sites for hydroxylation is 1. The van der Waals surface area contributed by atoms with Crippen LogP contribution in [0.25, 0.3) is 0 Å². The predicted molar refractivity (Wildman–Crippen MR) is 210 cm³/mol. The Bertz CT molecular complexity index is 2150. The Hall–Kier alpha value is -5.25. The monoisotopic (exact) mass is 1000 g/mol. The van der Waals surface area contributed by atoms with E-state index < -0.39 is 144 Å². The molecule has 23 heteroatoms. The van der Waals surface area contributed by atoms with Gasteiger partial charge in [-0.15, -0.1) is 21.9 Å². The number of nitrogens with one attached hydrogen (secondary N) is 1. The number of H-pyrrole nitrogens is 1. The zero-order valence-corrected chi connectivity index (χ0v) is 35.8. The molecule has 2 nitrogen and oxygen atoms in total. The summed E-state index contributed by atoms with van der Waals surface area (Å²) in [5.74, 6) is -71.4. The highest BCUT2D eigenvalue weighted by molar-refractivity contribution is 7.20. The molecule has 374 valence electrons. The fourth-order valence-corrected chi connectivity index (χ4v) is 8.18. The minimum atomic E-state index is -7.22. The zero-order valence-electron chi connectivity index (χ0n) is 35.8. The zero-order chi connectivity index (χ0) is 50.8. The summed E-state index contributed by atoms with van der Waals surface area (Å²) in [4.78, 5) is 3.10. The predicted octanol–water partition coefficient (Wildman–Crippen LogP) is 12.4. The number of aromatic amines is 1. The number of unbranched alkanes of at least 4 members (excludes halogenated alkanes) is 15. The Balaban J connectivity index is 0.000000369. The second-order valence-electron chi connectivity index (χ2n) is 16.0. The number of nitrogens with zero attached hydrogens (tertiary/aromatic N) is 1. The fourth-order valence-electron chi connectivity index (χ4n) is 8.18. The van der Waals surface area contributed by atoms with Gasteiger partial charge in [-0.1, -0.05) is 96.8 Å². The minimum Gasteiger partial charge on any atom is -0.250 e. The maximum atomic E-state index is 15.4. The van der Waals surface area contributed by atoms with Gasteiger partial charge >= 0.3 is 0 Å². The Morgan fingerprint density at radius 2 is 0.515 bits per heavy atom. The molecule has 0 radical (unpaired) electrons. The van der Waals surface area contributed by atoms with Crippen LogP contribution in [0.1, 0.15) is 110 Å². The van der Waals surface area contributed by atoms with Crippen LogP contribution in [0.5, 0.6) is 0 Å². The molecule has 0 atom stereocenters. The van der Waals surface area contributed by atoms with Crippen molar-refractivity contribution in [2.45, 2.75) is 116 Å². The van der Waals surface area contributed by atoms with Gasteiger partial charge in [0.15, 0.2) is 69.8 Å². The van der Waals surface area contributed by atoms with Crippen LogP contribution in [-0.4, -0.2) is 10.7 Å². The third-order valence-electron chi connectivity index (χ3n) is 11.6. The molecular formula is C45H41BF20N2. The number of benzene rings is 4. The SMILES string of the molecule is CCCCCCCCCCCCCCCCCCn1cc[nH+]c1.Fc1c(F)c(F)c([B-](c2c(F)c(F)c(F)c(F)c2F)(c2c(F)c(F)c(F)c(F)c2F)c2c(F)c(F)c(F)c(F)c2F)c(F)c1F. The lowest BCUT2D eigenvalue weighted by atomic mass is 9.12. The Morgan fingerprint density at radius 1 is 0.309 bits per heavy atom. The van der Waals surface area contributed by atoms with E-state index >= 15 is 35.1 Å². The maximum absolute atomic E-state index is 15.4. The van der Waals surface area contributed by atoms with Gasteiger partial charge in [0.1, 0.15) is 65.1 Å². The summed E-state index contributed by atoms with van der Waals surface area (Å²) in [6, 6.07) is 0. The molecule has 1 heterocycles. The van der Waals surface area contributed by atoms with Crippen molar-refractivity contribution >= 4 is 28.0 Å². The average molecular weight is 1000 g/mol. The van der Waals surface area contributed by atoms with Gasteiger partial charge in [0.05, 0.1) is 6.54 Å². The Kier molecular flexibility index (Phi) is 19.8. The first-order chi connectivity index (χ1) is 32.1. The standard InChI is InChI=1S/C24BF20.C21H40N2/c26-5-1(6(27)14(35)21(42)13(5)34)25(2-7(28)15(36)22(43)16(37)8(2)29,3-9(30)17(38)23(44)18(39)10(3)31)4-11(32)19(40)24(45)20(41)12(4)33;1-2-3-4-5-6-7-8-9-10-11-12-13-14-15-16-17-19-23-20-18-22-21-23/h;18,20-21H,2-17,19H2,1H3/q-1;/p+1. The molecule has 68 heavy (non-hydrogen) atoms. The summed E-state index contributed by atoms with van der Waals surface area (Å²) in [5, 5.41) is 0. The van der Waals surface area contributed by atoms with Crippen LogP contribution in [0, 0.1) is 116 Å². The summed E-state index contributed by atoms with van der Waals surface area (Å²) < 4.78 is 296. The largest absolute Gasteiger partial charge is 0.250 e. The second-order valence-corrected chi connectivity index (χ2v) is 16.0. The summed E-state index contributed by atoms with van der Waals surface area (Å²) in [6.45, 7) is 3.46. The highest BCUT2D eigenvalue weighted by Crippen LogP contribution is 2.31. The first-order valence-corrected chi connectivity index (χ1v) is 21.4. The van der Waals surface area contributed by atoms with Crippen molar-refractivity contribution in [1.29, 1.82) is 0 Å². The smallest absolute Gasteiger partial charge is 0.241 e. The van der Waals surface area contributed by atoms with Gasteiger partial charge in [-0.3, -0.25) is 4.98 Å². The molecule has 0 aliphatic rings. The van der Waals surface area contributed by atoms with Gasteiger partial charge in [0, 0.05) is 0 Å². The summed E-state index contributed by atoms with van der Waals surface area (Å²) in [6.07, 6.45) is 22.0. The molecule has 1 aromatic heterocycles. The summed E-state index contributed by atoms with van der Waals surface area (Å²) in [5.41, 5.74) is -14.3. The van der Waals surface area contributed by atoms with E-state index in [0.717, 1.165) is 0 Å². The van der Waals surface area contributed by atoms with Crippen LogP contribution in [0.15, 0.2) is 18.7 Å². The van der Waals surface area contributed by atoms with E-state index in [0.29, 0.717) is 0 Å². The van der Waals surface area contributed by atoms with Gasteiger partial charge in [-0.2, -0.15) is 0 Å². The number of rotatable bonds is 21. The minimum absolute atomic E-state index is 1.17. The molecule has 5 rings (SSSR count). The third kappa shape index (κ3) is 11.1. The molecule has 0 amide bonds. The van der Waals surface area contributed by atoms with E-state index in [1.807, 2.05) is 12.5 Å². The molecular weight excluding hydrogens is 959 g/mol. The van der Waals surface area contributed by atoms with Crippen LogP contribution in [0.4, 0.5) is 87.8 Å². The molecule has 0 aliphatic heterocycles. The molecule has 0 bridgehead atoms. The van der Waals surface area contributed by atoms with Crippen LogP contribution in [0.2, 0.25) is 0 Å². The molecule has 0 saturated heterocycles. The second kappa shape index (κ2) is 24.3. The van der Waals surface area contributed by atoms with Crippen molar-refractivity contribution in [3.8, 4) is 0 Å². The van der Waals surface area contributed by atoms with Crippen molar-refractivity contribution < 1.29 is 92.8 Å². The van der Waals surface area contributed by atoms with Gasteiger partial charge < -0.3 is 0 Å². The number of imidazole rings is 1. The van der Waals surface area contributed by atoms with Crippen LogP contribution >= 0.6 is 0 Å².